The lowest BCUT2D eigenvalue weighted by molar-refractivity contribution is 0.102. The number of rotatable bonds is 6. The molecule has 0 fully saturated rings. The first-order chi connectivity index (χ1) is 8.08. The number of ether oxygens (including phenoxy) is 1. The number of carbonyl (C=O) groups excluding carboxylic acids is 1. The Balaban J connectivity index is 2.66. The molecule has 1 aromatic rings. The number of halogens is 1. The van der Waals surface area contributed by atoms with Gasteiger partial charge in [-0.25, -0.2) is 0 Å². The average molecular weight is 317 g/mol. The summed E-state index contributed by atoms with van der Waals surface area (Å²) in [7, 11) is 1.61. The van der Waals surface area contributed by atoms with Crippen LogP contribution < -0.4 is 4.74 Å². The molecule has 0 spiro atoms. The second kappa shape index (κ2) is 7.07. The predicted octanol–water partition coefficient (Wildman–Crippen LogP) is 4.17. The van der Waals surface area contributed by atoms with Crippen LogP contribution in [0.15, 0.2) is 22.7 Å². The molecule has 0 N–H and O–H groups in total. The van der Waals surface area contributed by atoms with Crippen molar-refractivity contribution in [2.45, 2.75) is 25.5 Å². The smallest absolute Gasteiger partial charge is 0.172 e. The summed E-state index contributed by atoms with van der Waals surface area (Å²) in [6, 6.07) is 5.44. The van der Waals surface area contributed by atoms with Crippen LogP contribution in [0.3, 0.4) is 0 Å². The number of ketones is 1. The fourth-order valence-corrected chi connectivity index (χ4v) is 2.64. The molecule has 0 amide bonds. The molecule has 1 rings (SSSR count). The highest BCUT2D eigenvalue weighted by atomic mass is 79.9. The van der Waals surface area contributed by atoms with E-state index in [0.717, 1.165) is 22.2 Å². The first-order valence-corrected chi connectivity index (χ1v) is 7.41. The standard InChI is InChI=1S/C13H17BrO2S/c1-4-9(2)17-8-12(15)10-5-6-13(16-3)11(14)7-10/h5-7,9H,4,8H2,1-3H3. The first kappa shape index (κ1) is 14.6. The number of hydrogen-bond donors (Lipinski definition) is 0. The minimum Gasteiger partial charge on any atom is -0.496 e. The maximum atomic E-state index is 11.9. The fourth-order valence-electron chi connectivity index (χ4n) is 1.26. The highest BCUT2D eigenvalue weighted by molar-refractivity contribution is 9.10. The highest BCUT2D eigenvalue weighted by Gasteiger charge is 2.10. The summed E-state index contributed by atoms with van der Waals surface area (Å²) in [5, 5.41) is 0.528. The third-order valence-corrected chi connectivity index (χ3v) is 4.50. The Labute approximate surface area is 115 Å². The highest BCUT2D eigenvalue weighted by Crippen LogP contribution is 2.26. The molecule has 0 aliphatic rings. The van der Waals surface area contributed by atoms with Crippen LogP contribution in [0, 0.1) is 0 Å². The van der Waals surface area contributed by atoms with Crippen LogP contribution in [-0.2, 0) is 0 Å². The van der Waals surface area contributed by atoms with E-state index in [1.165, 1.54) is 0 Å². The lowest BCUT2D eigenvalue weighted by Crippen LogP contribution is -2.06. The molecule has 0 heterocycles. The Bertz CT molecular complexity index is 393. The molecule has 0 aliphatic heterocycles. The van der Waals surface area contributed by atoms with Gasteiger partial charge in [0.05, 0.1) is 17.3 Å². The Hall–Kier alpha value is -0.480. The molecule has 1 aromatic carbocycles. The molecule has 1 unspecified atom stereocenters. The molecule has 2 nitrogen and oxygen atoms in total. The zero-order chi connectivity index (χ0) is 12.8. The third kappa shape index (κ3) is 4.36. The summed E-state index contributed by atoms with van der Waals surface area (Å²) >= 11 is 5.08. The molecule has 1 atom stereocenters. The fraction of sp³-hybridized carbons (Fsp3) is 0.462. The molecular formula is C13H17BrO2S. The molecule has 0 bridgehead atoms. The number of thioether (sulfide) groups is 1. The van der Waals surface area contributed by atoms with Crippen LogP contribution >= 0.6 is 27.7 Å². The minimum atomic E-state index is 0.165. The van der Waals surface area contributed by atoms with E-state index in [9.17, 15) is 4.79 Å². The SMILES string of the molecule is CCC(C)SCC(=O)c1ccc(OC)c(Br)c1. The van der Waals surface area contributed by atoms with Crippen molar-refractivity contribution < 1.29 is 9.53 Å². The minimum absolute atomic E-state index is 0.165. The van der Waals surface area contributed by atoms with Crippen LogP contribution in [0.2, 0.25) is 0 Å². The Kier molecular flexibility index (Phi) is 6.06. The first-order valence-electron chi connectivity index (χ1n) is 5.56. The largest absolute Gasteiger partial charge is 0.496 e. The van der Waals surface area contributed by atoms with Crippen molar-refractivity contribution in [3.8, 4) is 5.75 Å². The summed E-state index contributed by atoms with van der Waals surface area (Å²) < 4.78 is 5.95. The van der Waals surface area contributed by atoms with Gasteiger partial charge in [0.15, 0.2) is 5.78 Å². The number of carbonyl (C=O) groups is 1. The van der Waals surface area contributed by atoms with Gasteiger partial charge in [-0.3, -0.25) is 4.79 Å². The molecular weight excluding hydrogens is 300 g/mol. The normalized spacial score (nSPS) is 12.2. The van der Waals surface area contributed by atoms with E-state index in [1.807, 2.05) is 18.2 Å². The topological polar surface area (TPSA) is 26.3 Å². The van der Waals surface area contributed by atoms with Crippen molar-refractivity contribution in [2.24, 2.45) is 0 Å². The van der Waals surface area contributed by atoms with Gasteiger partial charge in [-0.1, -0.05) is 13.8 Å². The zero-order valence-electron chi connectivity index (χ0n) is 10.3. The summed E-state index contributed by atoms with van der Waals surface area (Å²) in [6.07, 6.45) is 1.09. The van der Waals surface area contributed by atoms with Gasteiger partial charge >= 0.3 is 0 Å². The molecule has 4 heteroatoms. The van der Waals surface area contributed by atoms with E-state index in [-0.39, 0.29) is 5.78 Å². The van der Waals surface area contributed by atoms with Gasteiger partial charge in [0, 0.05) is 10.8 Å². The Morgan fingerprint density at radius 3 is 2.76 bits per heavy atom. The van der Waals surface area contributed by atoms with Gasteiger partial charge < -0.3 is 4.74 Å². The van der Waals surface area contributed by atoms with Crippen molar-refractivity contribution in [1.82, 2.24) is 0 Å². The summed E-state index contributed by atoms with van der Waals surface area (Å²) in [6.45, 7) is 4.27. The van der Waals surface area contributed by atoms with Crippen LogP contribution in [0.25, 0.3) is 0 Å². The van der Waals surface area contributed by atoms with E-state index in [4.69, 9.17) is 4.74 Å². The third-order valence-electron chi connectivity index (χ3n) is 2.55. The number of hydrogen-bond acceptors (Lipinski definition) is 3. The van der Waals surface area contributed by atoms with Gasteiger partial charge in [-0.05, 0) is 40.5 Å². The Morgan fingerprint density at radius 1 is 1.53 bits per heavy atom. The Morgan fingerprint density at radius 2 is 2.24 bits per heavy atom. The molecule has 0 radical (unpaired) electrons. The quantitative estimate of drug-likeness (QED) is 0.737. The van der Waals surface area contributed by atoms with Gasteiger partial charge in [-0.2, -0.15) is 11.8 Å². The maximum absolute atomic E-state index is 11.9. The van der Waals surface area contributed by atoms with E-state index >= 15 is 0 Å². The summed E-state index contributed by atoms with van der Waals surface area (Å²) in [4.78, 5) is 11.9. The molecule has 0 saturated carbocycles. The summed E-state index contributed by atoms with van der Waals surface area (Å²) in [5.41, 5.74) is 0.730. The van der Waals surface area contributed by atoms with Crippen molar-refractivity contribution >= 4 is 33.5 Å². The second-order valence-corrected chi connectivity index (χ2v) is 6.08. The lowest BCUT2D eigenvalue weighted by atomic mass is 10.1. The van der Waals surface area contributed by atoms with Crippen LogP contribution in [-0.4, -0.2) is 23.9 Å². The maximum Gasteiger partial charge on any atom is 0.172 e. The molecule has 94 valence electrons. The second-order valence-electron chi connectivity index (χ2n) is 3.80. The predicted molar refractivity (Wildman–Crippen MR) is 77.2 cm³/mol. The van der Waals surface area contributed by atoms with Crippen molar-refractivity contribution in [2.75, 3.05) is 12.9 Å². The van der Waals surface area contributed by atoms with E-state index in [2.05, 4.69) is 29.8 Å². The summed E-state index contributed by atoms with van der Waals surface area (Å²) in [5.74, 6) is 1.45. The van der Waals surface area contributed by atoms with Crippen molar-refractivity contribution in [1.29, 1.82) is 0 Å². The average Bonchev–Trinajstić information content (AvgIpc) is 2.35. The van der Waals surface area contributed by atoms with Gasteiger partial charge in [0.2, 0.25) is 0 Å². The molecule has 0 aliphatic carbocycles. The zero-order valence-corrected chi connectivity index (χ0v) is 12.7. The van der Waals surface area contributed by atoms with Gasteiger partial charge in [0.25, 0.3) is 0 Å². The van der Waals surface area contributed by atoms with Crippen molar-refractivity contribution in [3.63, 3.8) is 0 Å². The van der Waals surface area contributed by atoms with Crippen LogP contribution in [0.5, 0.6) is 5.75 Å². The molecule has 0 aromatic heterocycles. The van der Waals surface area contributed by atoms with Crippen LogP contribution in [0.4, 0.5) is 0 Å². The van der Waals surface area contributed by atoms with E-state index in [1.54, 1.807) is 18.9 Å². The van der Waals surface area contributed by atoms with E-state index in [0.29, 0.717) is 11.0 Å². The number of Topliss-reactive ketones (excluding diaryl/α,β-unsaturated/α-hetero) is 1. The van der Waals surface area contributed by atoms with Crippen LogP contribution in [0.1, 0.15) is 30.6 Å². The lowest BCUT2D eigenvalue weighted by Gasteiger charge is -2.08. The number of benzene rings is 1. The molecule has 17 heavy (non-hydrogen) atoms. The molecule has 0 saturated heterocycles. The van der Waals surface area contributed by atoms with Gasteiger partial charge in [-0.15, -0.1) is 0 Å². The van der Waals surface area contributed by atoms with E-state index < -0.39 is 0 Å². The van der Waals surface area contributed by atoms with Gasteiger partial charge in [0.1, 0.15) is 5.75 Å². The van der Waals surface area contributed by atoms with Crippen molar-refractivity contribution in [3.05, 3.63) is 28.2 Å². The number of methoxy groups -OCH3 is 1. The monoisotopic (exact) mass is 316 g/mol.